The third-order valence-corrected chi connectivity index (χ3v) is 7.44. The first-order chi connectivity index (χ1) is 20.2. The Hall–Kier alpha value is -2.42. The summed E-state index contributed by atoms with van der Waals surface area (Å²) in [4.78, 5) is 0. The fraction of sp³-hybridized carbons (Fsp3) is 0.600. The molecule has 234 valence electrons. The number of aliphatic hydroxyl groups is 1. The Balaban J connectivity index is 1.54. The summed E-state index contributed by atoms with van der Waals surface area (Å²) in [6.07, 6.45) is 12.0. The molecule has 1 N–H and O–H groups in total. The van der Waals surface area contributed by atoms with Crippen LogP contribution in [-0.4, -0.2) is 50.4 Å². The maximum absolute atomic E-state index is 11.3. The van der Waals surface area contributed by atoms with Crippen molar-refractivity contribution in [2.75, 3.05) is 33.4 Å². The van der Waals surface area contributed by atoms with Gasteiger partial charge in [-0.05, 0) is 102 Å². The second-order valence-electron chi connectivity index (χ2n) is 11.7. The van der Waals surface area contributed by atoms with Crippen LogP contribution < -0.4 is 9.47 Å². The van der Waals surface area contributed by atoms with Gasteiger partial charge in [-0.15, -0.1) is 0 Å². The minimum absolute atomic E-state index is 0.0655. The number of hydrogen-bond acceptors (Lipinski definition) is 7. The third-order valence-electron chi connectivity index (χ3n) is 7.44. The Kier molecular flexibility index (Phi) is 14.3. The molecule has 1 fully saturated rings. The number of hydrogen-bond donors (Lipinski definition) is 1. The molecule has 7 nitrogen and oxygen atoms in total. The molecule has 2 unspecified atom stereocenters. The first-order valence-electron chi connectivity index (χ1n) is 15.6. The van der Waals surface area contributed by atoms with Gasteiger partial charge < -0.3 is 33.5 Å². The Morgan fingerprint density at radius 1 is 0.833 bits per heavy atom. The van der Waals surface area contributed by atoms with E-state index in [1.54, 1.807) is 0 Å². The van der Waals surface area contributed by atoms with E-state index in [0.717, 1.165) is 61.8 Å². The summed E-state index contributed by atoms with van der Waals surface area (Å²) >= 11 is 0. The van der Waals surface area contributed by atoms with Crippen molar-refractivity contribution in [1.82, 2.24) is 0 Å². The van der Waals surface area contributed by atoms with Crippen LogP contribution in [0.15, 0.2) is 42.5 Å². The first-order valence-corrected chi connectivity index (χ1v) is 15.6. The molecular formula is C35H52O7. The second kappa shape index (κ2) is 17.6. The molecular weight excluding hydrogens is 532 g/mol. The van der Waals surface area contributed by atoms with E-state index in [9.17, 15) is 5.11 Å². The number of benzene rings is 2. The molecule has 0 amide bonds. The normalized spacial score (nSPS) is 17.3. The molecule has 0 aliphatic carbocycles. The minimum Gasteiger partial charge on any atom is -0.467 e. The van der Waals surface area contributed by atoms with E-state index < -0.39 is 5.60 Å². The van der Waals surface area contributed by atoms with Crippen molar-refractivity contribution in [3.8, 4) is 11.5 Å². The maximum atomic E-state index is 11.3. The van der Waals surface area contributed by atoms with Crippen LogP contribution in [0.25, 0.3) is 12.2 Å². The summed E-state index contributed by atoms with van der Waals surface area (Å²) in [6.45, 7) is 12.4. The quantitative estimate of drug-likeness (QED) is 0.102. The molecule has 0 saturated carbocycles. The van der Waals surface area contributed by atoms with Gasteiger partial charge in [0.1, 0.15) is 11.5 Å². The van der Waals surface area contributed by atoms with Crippen LogP contribution in [0.5, 0.6) is 11.5 Å². The zero-order valence-corrected chi connectivity index (χ0v) is 26.4. The van der Waals surface area contributed by atoms with Crippen LogP contribution >= 0.6 is 0 Å². The van der Waals surface area contributed by atoms with Gasteiger partial charge in [0.15, 0.2) is 19.9 Å². The van der Waals surface area contributed by atoms with Gasteiger partial charge in [-0.2, -0.15) is 0 Å². The molecule has 1 heterocycles. The van der Waals surface area contributed by atoms with Crippen LogP contribution in [0, 0.1) is 0 Å². The van der Waals surface area contributed by atoms with Crippen molar-refractivity contribution in [1.29, 1.82) is 0 Å². The molecule has 2 atom stereocenters. The van der Waals surface area contributed by atoms with Crippen molar-refractivity contribution in [2.45, 2.75) is 103 Å². The standard InChI is InChI=1S/C35H52O7/c1-6-37-26-40-31-23-29(24-32(25-31)41-27-38-7-2)18-17-28-14-13-15-30(22-28)35(5,36)20-11-8-10-19-34(3,4)42-33-16-9-12-21-39-33/h13-15,17-18,22-25,33,36H,6-12,16,19-21,26-27H2,1-5H3. The van der Waals surface area contributed by atoms with Crippen LogP contribution in [0.3, 0.4) is 0 Å². The summed E-state index contributed by atoms with van der Waals surface area (Å²) in [6, 6.07) is 13.8. The van der Waals surface area contributed by atoms with E-state index in [4.69, 9.17) is 28.4 Å². The van der Waals surface area contributed by atoms with E-state index in [1.807, 2.05) is 69.3 Å². The number of unbranched alkanes of at least 4 members (excludes halogenated alkanes) is 2. The lowest BCUT2D eigenvalue weighted by Crippen LogP contribution is -2.34. The highest BCUT2D eigenvalue weighted by Gasteiger charge is 2.26. The Morgan fingerprint density at radius 3 is 2.14 bits per heavy atom. The predicted octanol–water partition coefficient (Wildman–Crippen LogP) is 8.08. The highest BCUT2D eigenvalue weighted by molar-refractivity contribution is 5.71. The molecule has 1 aliphatic rings. The molecule has 0 bridgehead atoms. The molecule has 7 heteroatoms. The Morgan fingerprint density at radius 2 is 1.50 bits per heavy atom. The zero-order chi connectivity index (χ0) is 30.3. The van der Waals surface area contributed by atoms with E-state index in [0.29, 0.717) is 31.1 Å². The van der Waals surface area contributed by atoms with Crippen LogP contribution in [0.2, 0.25) is 0 Å². The molecule has 1 aliphatic heterocycles. The van der Waals surface area contributed by atoms with Crippen LogP contribution in [0.1, 0.15) is 103 Å². The lowest BCUT2D eigenvalue weighted by Gasteiger charge is -2.33. The van der Waals surface area contributed by atoms with Gasteiger partial charge in [-0.25, -0.2) is 0 Å². The molecule has 0 aromatic heterocycles. The summed E-state index contributed by atoms with van der Waals surface area (Å²) < 4.78 is 34.1. The zero-order valence-electron chi connectivity index (χ0n) is 26.4. The predicted molar refractivity (Wildman–Crippen MR) is 167 cm³/mol. The molecule has 2 aromatic carbocycles. The fourth-order valence-electron chi connectivity index (χ4n) is 4.97. The van der Waals surface area contributed by atoms with E-state index in [-0.39, 0.29) is 25.5 Å². The lowest BCUT2D eigenvalue weighted by atomic mass is 9.88. The first kappa shape index (κ1) is 34.1. The fourth-order valence-corrected chi connectivity index (χ4v) is 4.97. The van der Waals surface area contributed by atoms with E-state index >= 15 is 0 Å². The summed E-state index contributed by atoms with van der Waals surface area (Å²) in [5.74, 6) is 1.32. The van der Waals surface area contributed by atoms with Gasteiger partial charge in [-0.3, -0.25) is 0 Å². The molecule has 2 aromatic rings. The largest absolute Gasteiger partial charge is 0.467 e. The van der Waals surface area contributed by atoms with Gasteiger partial charge in [0.05, 0.1) is 11.2 Å². The van der Waals surface area contributed by atoms with Crippen molar-refractivity contribution in [3.05, 3.63) is 59.2 Å². The molecule has 0 spiro atoms. The van der Waals surface area contributed by atoms with Gasteiger partial charge in [0.2, 0.25) is 0 Å². The van der Waals surface area contributed by atoms with E-state index in [2.05, 4.69) is 19.9 Å². The lowest BCUT2D eigenvalue weighted by molar-refractivity contribution is -0.217. The van der Waals surface area contributed by atoms with Crippen molar-refractivity contribution in [2.24, 2.45) is 0 Å². The van der Waals surface area contributed by atoms with Crippen LogP contribution in [-0.2, 0) is 24.5 Å². The topological polar surface area (TPSA) is 75.6 Å². The SMILES string of the molecule is CCOCOc1cc(C=Cc2cccc(C(C)(O)CCCCCC(C)(C)OC3CCCCO3)c2)cc(OCOCC)c1. The smallest absolute Gasteiger partial charge is 0.189 e. The van der Waals surface area contributed by atoms with Crippen molar-refractivity contribution < 1.29 is 33.5 Å². The third kappa shape index (κ3) is 12.4. The van der Waals surface area contributed by atoms with Gasteiger partial charge in [0, 0.05) is 25.9 Å². The van der Waals surface area contributed by atoms with Crippen LogP contribution in [0.4, 0.5) is 0 Å². The highest BCUT2D eigenvalue weighted by Crippen LogP contribution is 2.30. The van der Waals surface area contributed by atoms with Crippen molar-refractivity contribution >= 4 is 12.2 Å². The second-order valence-corrected chi connectivity index (χ2v) is 11.7. The van der Waals surface area contributed by atoms with Gasteiger partial charge in [-0.1, -0.05) is 49.6 Å². The average molecular weight is 585 g/mol. The Labute approximate surface area is 253 Å². The number of ether oxygens (including phenoxy) is 6. The summed E-state index contributed by atoms with van der Waals surface area (Å²) in [7, 11) is 0. The average Bonchev–Trinajstić information content (AvgIpc) is 2.96. The highest BCUT2D eigenvalue weighted by atomic mass is 16.7. The minimum atomic E-state index is -0.904. The Bertz CT molecular complexity index is 1040. The molecule has 3 rings (SSSR count). The van der Waals surface area contributed by atoms with Crippen molar-refractivity contribution in [3.63, 3.8) is 0 Å². The van der Waals surface area contributed by atoms with Gasteiger partial charge >= 0.3 is 0 Å². The molecule has 0 radical (unpaired) electrons. The molecule has 42 heavy (non-hydrogen) atoms. The maximum Gasteiger partial charge on any atom is 0.189 e. The van der Waals surface area contributed by atoms with Gasteiger partial charge in [0.25, 0.3) is 0 Å². The summed E-state index contributed by atoms with van der Waals surface area (Å²) in [5, 5.41) is 11.3. The summed E-state index contributed by atoms with van der Waals surface area (Å²) in [5.41, 5.74) is 1.75. The van der Waals surface area contributed by atoms with E-state index in [1.165, 1.54) is 6.42 Å². The molecule has 1 saturated heterocycles. The monoisotopic (exact) mass is 584 g/mol. The number of rotatable bonds is 19.